The third kappa shape index (κ3) is 3.91. The van der Waals surface area contributed by atoms with Crippen molar-refractivity contribution >= 4 is 23.8 Å². The summed E-state index contributed by atoms with van der Waals surface area (Å²) in [7, 11) is 0. The van der Waals surface area contributed by atoms with Crippen LogP contribution in [-0.2, 0) is 9.59 Å². The van der Waals surface area contributed by atoms with Gasteiger partial charge in [-0.3, -0.25) is 19.3 Å². The van der Waals surface area contributed by atoms with Crippen LogP contribution in [0.15, 0.2) is 30.3 Å². The number of carbonyl (C=O) groups is 4. The van der Waals surface area contributed by atoms with Crippen LogP contribution in [-0.4, -0.2) is 76.2 Å². The van der Waals surface area contributed by atoms with Gasteiger partial charge in [0.1, 0.15) is 5.54 Å². The summed E-state index contributed by atoms with van der Waals surface area (Å²) in [6.45, 7) is 5.61. The molecule has 1 atom stereocenters. The van der Waals surface area contributed by atoms with E-state index in [0.29, 0.717) is 51.0 Å². The van der Waals surface area contributed by atoms with E-state index in [1.165, 1.54) is 4.90 Å². The molecular weight excluding hydrogens is 396 g/mol. The molecule has 4 rings (SSSR count). The highest BCUT2D eigenvalue weighted by Crippen LogP contribution is 2.33. The normalized spacial score (nSPS) is 23.5. The number of hydrogen-bond acceptors (Lipinski definition) is 4. The van der Waals surface area contributed by atoms with Crippen LogP contribution in [0, 0.1) is 5.92 Å². The number of amides is 5. The molecule has 0 unspecified atom stereocenters. The lowest BCUT2D eigenvalue weighted by Crippen LogP contribution is -2.57. The van der Waals surface area contributed by atoms with E-state index in [1.54, 1.807) is 21.9 Å². The summed E-state index contributed by atoms with van der Waals surface area (Å²) >= 11 is 0. The zero-order valence-electron chi connectivity index (χ0n) is 18.2. The molecule has 31 heavy (non-hydrogen) atoms. The lowest BCUT2D eigenvalue weighted by atomic mass is 9.86. The number of hydrogen-bond donors (Lipinski definition) is 1. The van der Waals surface area contributed by atoms with Crippen LogP contribution in [0.2, 0.25) is 0 Å². The van der Waals surface area contributed by atoms with Crippen LogP contribution >= 0.6 is 0 Å². The van der Waals surface area contributed by atoms with Crippen LogP contribution in [0.5, 0.6) is 0 Å². The molecule has 3 aliphatic rings. The summed E-state index contributed by atoms with van der Waals surface area (Å²) < 4.78 is 0. The first kappa shape index (κ1) is 21.3. The van der Waals surface area contributed by atoms with Gasteiger partial charge in [0.25, 0.3) is 11.8 Å². The fourth-order valence-corrected chi connectivity index (χ4v) is 4.90. The summed E-state index contributed by atoms with van der Waals surface area (Å²) in [4.78, 5) is 56.2. The molecule has 3 saturated heterocycles. The molecule has 8 heteroatoms. The summed E-state index contributed by atoms with van der Waals surface area (Å²) in [6, 6.07) is 8.41. The first-order valence-corrected chi connectivity index (χ1v) is 11.1. The average Bonchev–Trinajstić information content (AvgIpc) is 3.02. The maximum atomic E-state index is 13.4. The Morgan fingerprint density at radius 2 is 1.71 bits per heavy atom. The second-order valence-electron chi connectivity index (χ2n) is 9.08. The fraction of sp³-hybridized carbons (Fsp3) is 0.565. The summed E-state index contributed by atoms with van der Waals surface area (Å²) in [5.41, 5.74) is -0.325. The molecule has 3 heterocycles. The number of urea groups is 1. The Hall–Kier alpha value is -2.90. The molecule has 0 aromatic heterocycles. The van der Waals surface area contributed by atoms with Crippen molar-refractivity contribution in [2.24, 2.45) is 5.92 Å². The summed E-state index contributed by atoms with van der Waals surface area (Å²) in [5.74, 6) is -0.328. The zero-order chi connectivity index (χ0) is 22.2. The molecule has 166 valence electrons. The lowest BCUT2D eigenvalue weighted by Gasteiger charge is -2.39. The van der Waals surface area contributed by atoms with E-state index in [0.717, 1.165) is 6.42 Å². The predicted molar refractivity (Wildman–Crippen MR) is 114 cm³/mol. The molecule has 1 aromatic rings. The molecule has 1 spiro atoms. The SMILES string of the molecule is CC(C)C(=O)N1CCC[C@@H](N2C(=O)NC3(CCN(C(=O)c4ccccc4)CC3)C2=O)C1. The van der Waals surface area contributed by atoms with Gasteiger partial charge in [0.05, 0.1) is 6.04 Å². The number of likely N-dealkylation sites (tertiary alicyclic amines) is 2. The number of rotatable bonds is 3. The first-order valence-electron chi connectivity index (χ1n) is 11.1. The molecule has 0 saturated carbocycles. The largest absolute Gasteiger partial charge is 0.340 e. The third-order valence-corrected chi connectivity index (χ3v) is 6.69. The maximum absolute atomic E-state index is 13.4. The van der Waals surface area contributed by atoms with Crippen molar-refractivity contribution in [2.75, 3.05) is 26.2 Å². The van der Waals surface area contributed by atoms with Crippen molar-refractivity contribution in [2.45, 2.75) is 51.1 Å². The molecule has 0 bridgehead atoms. The fourth-order valence-electron chi connectivity index (χ4n) is 4.90. The Bertz CT molecular complexity index is 877. The molecule has 3 aliphatic heterocycles. The Morgan fingerprint density at radius 3 is 2.35 bits per heavy atom. The highest BCUT2D eigenvalue weighted by atomic mass is 16.2. The number of benzene rings is 1. The van der Waals surface area contributed by atoms with Crippen LogP contribution in [0.4, 0.5) is 4.79 Å². The van der Waals surface area contributed by atoms with Crippen LogP contribution < -0.4 is 5.32 Å². The lowest BCUT2D eigenvalue weighted by molar-refractivity contribution is -0.140. The van der Waals surface area contributed by atoms with Crippen LogP contribution in [0.1, 0.15) is 49.9 Å². The second-order valence-corrected chi connectivity index (χ2v) is 9.08. The highest BCUT2D eigenvalue weighted by Gasteiger charge is 2.55. The van der Waals surface area contributed by atoms with Gasteiger partial charge in [0.2, 0.25) is 5.91 Å². The highest BCUT2D eigenvalue weighted by molar-refractivity contribution is 6.07. The number of carbonyl (C=O) groups excluding carboxylic acids is 4. The van der Waals surface area contributed by atoms with Crippen molar-refractivity contribution in [3.05, 3.63) is 35.9 Å². The van der Waals surface area contributed by atoms with Gasteiger partial charge < -0.3 is 15.1 Å². The van der Waals surface area contributed by atoms with Gasteiger partial charge in [-0.25, -0.2) is 4.79 Å². The molecule has 3 fully saturated rings. The van der Waals surface area contributed by atoms with Gasteiger partial charge in [-0.15, -0.1) is 0 Å². The monoisotopic (exact) mass is 426 g/mol. The van der Waals surface area contributed by atoms with E-state index in [9.17, 15) is 19.2 Å². The smallest absolute Gasteiger partial charge is 0.325 e. The minimum Gasteiger partial charge on any atom is -0.340 e. The Labute approximate surface area is 182 Å². The maximum Gasteiger partial charge on any atom is 0.325 e. The van der Waals surface area contributed by atoms with Crippen molar-refractivity contribution in [3.63, 3.8) is 0 Å². The van der Waals surface area contributed by atoms with Gasteiger partial charge in [0, 0.05) is 37.7 Å². The zero-order valence-corrected chi connectivity index (χ0v) is 18.2. The van der Waals surface area contributed by atoms with Gasteiger partial charge >= 0.3 is 6.03 Å². The molecule has 0 radical (unpaired) electrons. The van der Waals surface area contributed by atoms with E-state index in [1.807, 2.05) is 32.0 Å². The van der Waals surface area contributed by atoms with Gasteiger partial charge in [0.15, 0.2) is 0 Å². The molecule has 1 N–H and O–H groups in total. The molecule has 8 nitrogen and oxygen atoms in total. The minimum atomic E-state index is -0.950. The number of nitrogens with zero attached hydrogens (tertiary/aromatic N) is 3. The van der Waals surface area contributed by atoms with Crippen molar-refractivity contribution in [1.29, 1.82) is 0 Å². The van der Waals surface area contributed by atoms with Gasteiger partial charge in [-0.1, -0.05) is 32.0 Å². The van der Waals surface area contributed by atoms with E-state index < -0.39 is 5.54 Å². The average molecular weight is 427 g/mol. The molecule has 5 amide bonds. The Kier molecular flexibility index (Phi) is 5.73. The summed E-state index contributed by atoms with van der Waals surface area (Å²) in [5, 5.41) is 2.93. The Balaban J connectivity index is 1.43. The number of nitrogens with one attached hydrogen (secondary N) is 1. The standard InChI is InChI=1S/C23H30N4O4/c1-16(2)19(28)26-12-6-9-18(15-26)27-21(30)23(24-22(27)31)10-13-25(14-11-23)20(29)17-7-4-3-5-8-17/h3-5,7-8,16,18H,6,9-15H2,1-2H3,(H,24,31)/t18-/m1/s1. The van der Waals surface area contributed by atoms with Gasteiger partial charge in [-0.05, 0) is 37.8 Å². The minimum absolute atomic E-state index is 0.0548. The topological polar surface area (TPSA) is 90.0 Å². The van der Waals surface area contributed by atoms with E-state index in [2.05, 4.69) is 5.32 Å². The quantitative estimate of drug-likeness (QED) is 0.747. The Morgan fingerprint density at radius 1 is 1.03 bits per heavy atom. The van der Waals surface area contributed by atoms with Crippen LogP contribution in [0.3, 0.4) is 0 Å². The van der Waals surface area contributed by atoms with E-state index in [-0.39, 0.29) is 35.7 Å². The molecule has 0 aliphatic carbocycles. The first-order chi connectivity index (χ1) is 14.8. The predicted octanol–water partition coefficient (Wildman–Crippen LogP) is 1.86. The van der Waals surface area contributed by atoms with Crippen molar-refractivity contribution in [1.82, 2.24) is 20.0 Å². The van der Waals surface area contributed by atoms with Crippen molar-refractivity contribution in [3.8, 4) is 0 Å². The van der Waals surface area contributed by atoms with E-state index in [4.69, 9.17) is 0 Å². The third-order valence-electron chi connectivity index (χ3n) is 6.69. The number of piperidine rings is 2. The summed E-state index contributed by atoms with van der Waals surface area (Å²) in [6.07, 6.45) is 2.27. The van der Waals surface area contributed by atoms with Crippen molar-refractivity contribution < 1.29 is 19.2 Å². The van der Waals surface area contributed by atoms with E-state index >= 15 is 0 Å². The molecular formula is C23H30N4O4. The molecule has 1 aromatic carbocycles. The van der Waals surface area contributed by atoms with Crippen LogP contribution in [0.25, 0.3) is 0 Å². The van der Waals surface area contributed by atoms with Gasteiger partial charge in [-0.2, -0.15) is 0 Å². The number of imide groups is 1. The second kappa shape index (κ2) is 8.32.